The maximum Gasteiger partial charge on any atom is 0.0737 e. The Morgan fingerprint density at radius 3 is 1.00 bits per heavy atom. The van der Waals surface area contributed by atoms with Crippen LogP contribution in [0.25, 0.3) is 90.9 Å². The summed E-state index contributed by atoms with van der Waals surface area (Å²) in [5.41, 5.74) is 15.3. The number of hydrogen-bond acceptors (Lipinski definition) is 4. The van der Waals surface area contributed by atoms with Crippen LogP contribution in [-0.2, 0) is 0 Å². The molecule has 5 aromatic heterocycles. The van der Waals surface area contributed by atoms with E-state index in [4.69, 9.17) is 9.97 Å². The van der Waals surface area contributed by atoms with Crippen molar-refractivity contribution in [2.75, 3.05) is 0 Å². The van der Waals surface area contributed by atoms with Gasteiger partial charge in [-0.1, -0.05) is 72.8 Å². The highest BCUT2D eigenvalue weighted by molar-refractivity contribution is 5.99. The highest BCUT2D eigenvalue weighted by Gasteiger charge is 2.18. The number of benzene rings is 2. The molecule has 0 aliphatic carbocycles. The van der Waals surface area contributed by atoms with Crippen molar-refractivity contribution in [1.82, 2.24) is 29.9 Å². The Kier molecular flexibility index (Phi) is 6.68. The van der Waals surface area contributed by atoms with Crippen molar-refractivity contribution < 1.29 is 0 Å². The first-order valence-electron chi connectivity index (χ1n) is 15.9. The van der Waals surface area contributed by atoms with Crippen molar-refractivity contribution in [3.05, 3.63) is 157 Å². The Hall–Kier alpha value is -6.66. The topological polar surface area (TPSA) is 83.1 Å². The molecule has 0 radical (unpaired) electrons. The molecule has 0 fully saturated rings. The van der Waals surface area contributed by atoms with Crippen LogP contribution in [0.3, 0.4) is 0 Å². The fraction of sp³-hybridized carbons (Fsp3) is 0. The highest BCUT2D eigenvalue weighted by Crippen LogP contribution is 2.38. The Balaban J connectivity index is 1.49. The molecular formula is C42H28N6. The van der Waals surface area contributed by atoms with Crippen LogP contribution in [0.4, 0.5) is 0 Å². The van der Waals surface area contributed by atoms with E-state index in [9.17, 15) is 0 Å². The number of aromatic amines is 2. The van der Waals surface area contributed by atoms with Crippen molar-refractivity contribution in [2.24, 2.45) is 0 Å². The Bertz CT molecular complexity index is 2180. The molecule has 0 spiro atoms. The molecule has 2 aromatic carbocycles. The molecule has 6 heteroatoms. The van der Waals surface area contributed by atoms with Gasteiger partial charge in [0.25, 0.3) is 0 Å². The van der Waals surface area contributed by atoms with Gasteiger partial charge in [-0.2, -0.15) is 0 Å². The molecule has 226 valence electrons. The number of pyridine rings is 2. The molecule has 0 unspecified atom stereocenters. The van der Waals surface area contributed by atoms with Gasteiger partial charge in [-0.15, -0.1) is 0 Å². The van der Waals surface area contributed by atoms with E-state index in [1.54, 1.807) is 12.4 Å². The molecule has 8 bridgehead atoms. The van der Waals surface area contributed by atoms with Crippen LogP contribution in [0, 0.1) is 0 Å². The minimum absolute atomic E-state index is 0.858. The summed E-state index contributed by atoms with van der Waals surface area (Å²) in [6.45, 7) is 0. The van der Waals surface area contributed by atoms with Gasteiger partial charge in [0.2, 0.25) is 0 Å². The van der Waals surface area contributed by atoms with E-state index in [-0.39, 0.29) is 0 Å². The monoisotopic (exact) mass is 616 g/mol. The number of nitrogens with zero attached hydrogens (tertiary/aromatic N) is 4. The number of H-pyrrole nitrogens is 2. The molecule has 0 atom stereocenters. The van der Waals surface area contributed by atoms with Gasteiger partial charge < -0.3 is 9.97 Å². The molecule has 48 heavy (non-hydrogen) atoms. The van der Waals surface area contributed by atoms with Crippen LogP contribution < -0.4 is 0 Å². The largest absolute Gasteiger partial charge is 0.354 e. The van der Waals surface area contributed by atoms with E-state index in [0.717, 1.165) is 89.4 Å². The molecule has 2 N–H and O–H groups in total. The zero-order valence-corrected chi connectivity index (χ0v) is 25.8. The van der Waals surface area contributed by atoms with Gasteiger partial charge in [-0.05, 0) is 71.8 Å². The fourth-order valence-electron chi connectivity index (χ4n) is 6.65. The van der Waals surface area contributed by atoms with Crippen LogP contribution >= 0.6 is 0 Å². The molecule has 9 rings (SSSR count). The first kappa shape index (κ1) is 27.6. The Labute approximate surface area is 276 Å². The summed E-state index contributed by atoms with van der Waals surface area (Å²) in [5.74, 6) is 0. The minimum atomic E-state index is 0.858. The smallest absolute Gasteiger partial charge is 0.0737 e. The molecule has 0 amide bonds. The van der Waals surface area contributed by atoms with Crippen LogP contribution in [-0.4, -0.2) is 29.9 Å². The van der Waals surface area contributed by atoms with Crippen LogP contribution in [0.15, 0.2) is 134 Å². The molecule has 7 heterocycles. The standard InChI is InChI=1S/C42H28N6/c1-3-9-27(10-4-1)39-31-15-19-35(45-31)41(29-13-7-23-43-25-29)37-21-17-33(47-37)40(28-11-5-2-6-12-28)34-18-22-38(48-34)42(30-14-8-24-44-26-30)36-20-16-32(39)46-36/h1-26,45,48H. The first-order chi connectivity index (χ1) is 23.8. The third kappa shape index (κ3) is 4.84. The molecule has 0 saturated heterocycles. The van der Waals surface area contributed by atoms with Crippen molar-refractivity contribution in [3.63, 3.8) is 0 Å². The quantitative estimate of drug-likeness (QED) is 0.206. The predicted octanol–water partition coefficient (Wildman–Crippen LogP) is 10.1. The average Bonchev–Trinajstić information content (AvgIpc) is 3.98. The first-order valence-corrected chi connectivity index (χ1v) is 15.9. The second-order valence-electron chi connectivity index (χ2n) is 11.7. The summed E-state index contributed by atoms with van der Waals surface area (Å²) in [6, 6.07) is 37.4. The third-order valence-corrected chi connectivity index (χ3v) is 8.78. The molecule has 0 saturated carbocycles. The maximum absolute atomic E-state index is 5.31. The third-order valence-electron chi connectivity index (χ3n) is 8.78. The molecule has 2 aliphatic heterocycles. The number of aromatic nitrogens is 6. The van der Waals surface area contributed by atoms with Crippen molar-refractivity contribution in [1.29, 1.82) is 0 Å². The maximum atomic E-state index is 5.31. The van der Waals surface area contributed by atoms with E-state index < -0.39 is 0 Å². The van der Waals surface area contributed by atoms with E-state index in [1.165, 1.54) is 0 Å². The van der Waals surface area contributed by atoms with Crippen LogP contribution in [0.2, 0.25) is 0 Å². The minimum Gasteiger partial charge on any atom is -0.354 e. The van der Waals surface area contributed by atoms with Crippen LogP contribution in [0.5, 0.6) is 0 Å². The second-order valence-corrected chi connectivity index (χ2v) is 11.7. The lowest BCUT2D eigenvalue weighted by Gasteiger charge is -2.06. The van der Waals surface area contributed by atoms with Crippen molar-refractivity contribution in [3.8, 4) is 44.5 Å². The lowest BCUT2D eigenvalue weighted by molar-refractivity contribution is 1.29. The highest BCUT2D eigenvalue weighted by atomic mass is 14.8. The van der Waals surface area contributed by atoms with Crippen molar-refractivity contribution >= 4 is 46.4 Å². The SMILES string of the molecule is C1=Cc2nc1c(-c1ccccc1)c1ccc([nH]1)c(-c1cccnc1)c1nc(c(-c3ccccc3)c3ccc([nH]3)c2-c2cccnc2)C=C1. The van der Waals surface area contributed by atoms with Gasteiger partial charge in [0.15, 0.2) is 0 Å². The molecule has 2 aliphatic rings. The molecular weight excluding hydrogens is 589 g/mol. The summed E-state index contributed by atoms with van der Waals surface area (Å²) < 4.78 is 0. The predicted molar refractivity (Wildman–Crippen MR) is 196 cm³/mol. The number of rotatable bonds is 4. The Morgan fingerprint density at radius 1 is 0.333 bits per heavy atom. The molecule has 7 aromatic rings. The van der Waals surface area contributed by atoms with Crippen molar-refractivity contribution in [2.45, 2.75) is 0 Å². The number of nitrogens with one attached hydrogen (secondary N) is 2. The van der Waals surface area contributed by atoms with E-state index in [0.29, 0.717) is 0 Å². The Morgan fingerprint density at radius 2 is 0.667 bits per heavy atom. The zero-order chi connectivity index (χ0) is 31.9. The normalized spacial score (nSPS) is 12.0. The zero-order valence-electron chi connectivity index (χ0n) is 25.8. The summed E-state index contributed by atoms with van der Waals surface area (Å²) in [7, 11) is 0. The summed E-state index contributed by atoms with van der Waals surface area (Å²) in [4.78, 5) is 27.1. The van der Waals surface area contributed by atoms with E-state index in [2.05, 4.69) is 129 Å². The van der Waals surface area contributed by atoms with Gasteiger partial charge in [0, 0.05) is 80.2 Å². The van der Waals surface area contributed by atoms with Gasteiger partial charge in [0.05, 0.1) is 22.8 Å². The van der Waals surface area contributed by atoms with E-state index in [1.807, 2.05) is 36.7 Å². The van der Waals surface area contributed by atoms with Gasteiger partial charge in [0.1, 0.15) is 0 Å². The molecule has 6 nitrogen and oxygen atoms in total. The van der Waals surface area contributed by atoms with Gasteiger partial charge in [-0.3, -0.25) is 9.97 Å². The van der Waals surface area contributed by atoms with Gasteiger partial charge in [-0.25, -0.2) is 9.97 Å². The average molecular weight is 617 g/mol. The van der Waals surface area contributed by atoms with Gasteiger partial charge >= 0.3 is 0 Å². The lowest BCUT2D eigenvalue weighted by atomic mass is 10.0. The lowest BCUT2D eigenvalue weighted by Crippen LogP contribution is -1.90. The number of fused-ring (bicyclic) bond motifs is 8. The second kappa shape index (κ2) is 11.6. The summed E-state index contributed by atoms with van der Waals surface area (Å²) in [6.07, 6.45) is 15.8. The van der Waals surface area contributed by atoms with E-state index >= 15 is 0 Å². The summed E-state index contributed by atoms with van der Waals surface area (Å²) >= 11 is 0. The number of hydrogen-bond donors (Lipinski definition) is 2. The fourth-order valence-corrected chi connectivity index (χ4v) is 6.65. The summed E-state index contributed by atoms with van der Waals surface area (Å²) in [5, 5.41) is 0. The van der Waals surface area contributed by atoms with Crippen LogP contribution in [0.1, 0.15) is 22.8 Å².